The SMILES string of the molecule is CCCN1C(C(C)C)CC(c2cc(C3CC(C(C)C)N(CCC)C(C(C)C)C3)c3cc(C4CC(C(C)C)N(CCC)C(C(C)C)C4)cc(C4CC(C(C)C)N(CCC)C(C(C)C)C4)c3c2)CC1C(C)C. The first kappa shape index (κ1) is 57.8. The number of likely N-dealkylation sites (tertiary alicyclic amines) is 4. The Balaban J connectivity index is 1.68. The van der Waals surface area contributed by atoms with Crippen LogP contribution in [-0.2, 0) is 0 Å². The first-order chi connectivity index (χ1) is 33.2. The third-order valence-corrected chi connectivity index (χ3v) is 19.7. The fourth-order valence-electron chi connectivity index (χ4n) is 16.1. The van der Waals surface area contributed by atoms with E-state index in [1.165, 1.54) is 103 Å². The summed E-state index contributed by atoms with van der Waals surface area (Å²) in [6, 6.07) is 16.5. The van der Waals surface area contributed by atoms with Crippen molar-refractivity contribution in [2.45, 2.75) is 288 Å². The zero-order valence-electron chi connectivity index (χ0n) is 50.0. The van der Waals surface area contributed by atoms with Crippen LogP contribution >= 0.6 is 0 Å². The number of benzene rings is 2. The first-order valence-corrected chi connectivity index (χ1v) is 30.8. The van der Waals surface area contributed by atoms with Gasteiger partial charge in [-0.3, -0.25) is 19.6 Å². The summed E-state index contributed by atoms with van der Waals surface area (Å²) in [5.74, 6) is 7.47. The Kier molecular flexibility index (Phi) is 21.0. The van der Waals surface area contributed by atoms with E-state index >= 15 is 0 Å². The lowest BCUT2D eigenvalue weighted by molar-refractivity contribution is 0.0215. The number of hydrogen-bond donors (Lipinski definition) is 0. The van der Waals surface area contributed by atoms with Crippen molar-refractivity contribution in [2.75, 3.05) is 26.2 Å². The molecule has 4 saturated heterocycles. The minimum atomic E-state index is 0.567. The minimum absolute atomic E-state index is 0.567. The summed E-state index contributed by atoms with van der Waals surface area (Å²) in [6.07, 6.45) is 15.3. The Morgan fingerprint density at radius 3 is 0.657 bits per heavy atom. The van der Waals surface area contributed by atoms with Crippen LogP contribution in [0.5, 0.6) is 0 Å². The van der Waals surface area contributed by atoms with Gasteiger partial charge in [0.25, 0.3) is 0 Å². The number of piperidine rings is 4. The summed E-state index contributed by atoms with van der Waals surface area (Å²) in [7, 11) is 0. The van der Waals surface area contributed by atoms with Crippen molar-refractivity contribution in [3.63, 3.8) is 0 Å². The fraction of sp³-hybridized carbons (Fsp3) is 0.848. The van der Waals surface area contributed by atoms with Gasteiger partial charge >= 0.3 is 0 Å². The maximum atomic E-state index is 3.00. The van der Waals surface area contributed by atoms with Crippen molar-refractivity contribution in [3.8, 4) is 0 Å². The zero-order chi connectivity index (χ0) is 51.5. The highest BCUT2D eigenvalue weighted by Crippen LogP contribution is 2.51. The van der Waals surface area contributed by atoms with Crippen molar-refractivity contribution in [1.82, 2.24) is 19.6 Å². The average molecular weight is 966 g/mol. The van der Waals surface area contributed by atoms with Crippen molar-refractivity contribution in [3.05, 3.63) is 46.5 Å². The van der Waals surface area contributed by atoms with Gasteiger partial charge in [0.05, 0.1) is 0 Å². The molecular formula is C66H116N4. The van der Waals surface area contributed by atoms with E-state index in [0.29, 0.717) is 119 Å². The number of fused-ring (bicyclic) bond motifs is 1. The molecule has 400 valence electrons. The van der Waals surface area contributed by atoms with Gasteiger partial charge in [-0.15, -0.1) is 0 Å². The number of rotatable bonds is 20. The molecule has 4 nitrogen and oxygen atoms in total. The molecule has 2 aromatic rings. The normalized spacial score (nSPS) is 31.7. The van der Waals surface area contributed by atoms with E-state index in [4.69, 9.17) is 0 Å². The van der Waals surface area contributed by atoms with Crippen molar-refractivity contribution >= 4 is 10.8 Å². The van der Waals surface area contributed by atoms with Crippen LogP contribution in [0.1, 0.15) is 261 Å². The first-order valence-electron chi connectivity index (χ1n) is 30.8. The number of nitrogens with zero attached hydrogens (tertiary/aromatic N) is 4. The second kappa shape index (κ2) is 25.4. The molecule has 4 aliphatic heterocycles. The zero-order valence-corrected chi connectivity index (χ0v) is 50.0. The van der Waals surface area contributed by atoms with Crippen LogP contribution in [-0.4, -0.2) is 94.1 Å². The van der Waals surface area contributed by atoms with E-state index in [1.807, 2.05) is 0 Å². The predicted molar refractivity (Wildman–Crippen MR) is 309 cm³/mol. The van der Waals surface area contributed by atoms with Gasteiger partial charge in [0, 0.05) is 48.3 Å². The molecule has 0 saturated carbocycles. The topological polar surface area (TPSA) is 13.0 Å². The highest BCUT2D eigenvalue weighted by atomic mass is 15.2. The third-order valence-electron chi connectivity index (χ3n) is 19.7. The average Bonchev–Trinajstić information content (AvgIpc) is 3.30. The molecule has 4 aliphatic rings. The summed E-state index contributed by atoms with van der Waals surface area (Å²) in [5, 5.41) is 3.33. The Morgan fingerprint density at radius 2 is 0.486 bits per heavy atom. The van der Waals surface area contributed by atoms with Gasteiger partial charge < -0.3 is 0 Å². The third kappa shape index (κ3) is 12.6. The molecule has 6 rings (SSSR count). The molecular weight excluding hydrogens is 849 g/mol. The lowest BCUT2D eigenvalue weighted by Gasteiger charge is -2.50. The Labute approximate surface area is 436 Å². The smallest absolute Gasteiger partial charge is 0.0127 e. The van der Waals surface area contributed by atoms with Gasteiger partial charge in [-0.25, -0.2) is 0 Å². The second-order valence-electron chi connectivity index (χ2n) is 27.4. The Bertz CT molecular complexity index is 1680. The molecule has 4 fully saturated rings. The molecule has 0 spiro atoms. The highest BCUT2D eigenvalue weighted by molar-refractivity contribution is 5.91. The lowest BCUT2D eigenvalue weighted by Crippen LogP contribution is -2.53. The number of hydrogen-bond acceptors (Lipinski definition) is 4. The molecule has 70 heavy (non-hydrogen) atoms. The standard InChI is InChI=1S/C66H116N4/c1-21-25-67-59(41(5)6)33-51(34-60(67)42(7)8)49-29-55(53-37-63(45(13)14)69(27-23-3)64(38-53)46(15)16)58-32-50(52-35-61(43(9)10)68(26-22-2)62(36-52)44(11)12)30-56(57(58)31-49)54-39-65(47(17)18)70(28-24-4)66(40-54)48(19)20/h29-32,41-48,51-54,59-66H,21-28,33-40H2,1-20H3. The summed E-state index contributed by atoms with van der Waals surface area (Å²) in [6.45, 7) is 55.2. The van der Waals surface area contributed by atoms with Crippen LogP contribution < -0.4 is 0 Å². The van der Waals surface area contributed by atoms with Crippen molar-refractivity contribution in [1.29, 1.82) is 0 Å². The van der Waals surface area contributed by atoms with Gasteiger partial charge in [-0.2, -0.15) is 0 Å². The molecule has 2 aromatic carbocycles. The van der Waals surface area contributed by atoms with Crippen LogP contribution in [0, 0.1) is 47.3 Å². The monoisotopic (exact) mass is 965 g/mol. The maximum Gasteiger partial charge on any atom is 0.0127 e. The largest absolute Gasteiger partial charge is 0.297 e. The van der Waals surface area contributed by atoms with Gasteiger partial charge in [0.1, 0.15) is 0 Å². The molecule has 0 N–H and O–H groups in total. The summed E-state index contributed by atoms with van der Waals surface area (Å²) in [4.78, 5) is 12.0. The molecule has 4 heteroatoms. The van der Waals surface area contributed by atoms with Crippen LogP contribution in [0.4, 0.5) is 0 Å². The van der Waals surface area contributed by atoms with Gasteiger partial charge in [0.15, 0.2) is 0 Å². The quantitative estimate of drug-likeness (QED) is 0.131. The molecule has 0 amide bonds. The Morgan fingerprint density at radius 1 is 0.300 bits per heavy atom. The van der Waals surface area contributed by atoms with Gasteiger partial charge in [-0.1, -0.05) is 163 Å². The van der Waals surface area contributed by atoms with E-state index in [2.05, 4.69) is 182 Å². The second-order valence-corrected chi connectivity index (χ2v) is 27.4. The van der Waals surface area contributed by atoms with E-state index in [9.17, 15) is 0 Å². The molecule has 8 unspecified atom stereocenters. The van der Waals surface area contributed by atoms with Crippen molar-refractivity contribution in [2.24, 2.45) is 47.3 Å². The maximum absolute atomic E-state index is 3.00. The van der Waals surface area contributed by atoms with Gasteiger partial charge in [-0.05, 0) is 207 Å². The summed E-state index contributed by atoms with van der Waals surface area (Å²) < 4.78 is 0. The molecule has 0 aromatic heterocycles. The van der Waals surface area contributed by atoms with Crippen LogP contribution in [0.3, 0.4) is 0 Å². The summed E-state index contributed by atoms with van der Waals surface area (Å²) in [5.41, 5.74) is 6.88. The highest BCUT2D eigenvalue weighted by Gasteiger charge is 2.45. The van der Waals surface area contributed by atoms with Crippen molar-refractivity contribution < 1.29 is 0 Å². The Hall–Kier alpha value is -1.46. The molecule has 0 radical (unpaired) electrons. The van der Waals surface area contributed by atoms with Crippen LogP contribution in [0.2, 0.25) is 0 Å². The van der Waals surface area contributed by atoms with Gasteiger partial charge in [0.2, 0.25) is 0 Å². The van der Waals surface area contributed by atoms with Crippen LogP contribution in [0.25, 0.3) is 10.8 Å². The molecule has 4 heterocycles. The molecule has 8 atom stereocenters. The summed E-state index contributed by atoms with van der Waals surface area (Å²) >= 11 is 0. The molecule has 0 bridgehead atoms. The van der Waals surface area contributed by atoms with E-state index < -0.39 is 0 Å². The van der Waals surface area contributed by atoms with E-state index in [0.717, 1.165) is 0 Å². The minimum Gasteiger partial charge on any atom is -0.297 e. The lowest BCUT2D eigenvalue weighted by atomic mass is 9.69. The van der Waals surface area contributed by atoms with E-state index in [-0.39, 0.29) is 0 Å². The van der Waals surface area contributed by atoms with Crippen LogP contribution in [0.15, 0.2) is 24.3 Å². The molecule has 0 aliphatic carbocycles. The fourth-order valence-corrected chi connectivity index (χ4v) is 16.1. The predicted octanol–water partition coefficient (Wildman–Crippen LogP) is 17.4. The van der Waals surface area contributed by atoms with E-state index in [1.54, 1.807) is 33.0 Å².